The van der Waals surface area contributed by atoms with Gasteiger partial charge in [-0.15, -0.1) is 0 Å². The zero-order valence-electron chi connectivity index (χ0n) is 6.15. The second kappa shape index (κ2) is 4.33. The van der Waals surface area contributed by atoms with Gasteiger partial charge in [0.1, 0.15) is 0 Å². The molecule has 0 fully saturated rings. The van der Waals surface area contributed by atoms with Crippen molar-refractivity contribution in [3.8, 4) is 0 Å². The number of hydrogen-bond donors (Lipinski definition) is 1. The van der Waals surface area contributed by atoms with Gasteiger partial charge in [-0.3, -0.25) is 0 Å². The summed E-state index contributed by atoms with van der Waals surface area (Å²) in [6, 6.07) is 0. The van der Waals surface area contributed by atoms with Crippen molar-refractivity contribution < 1.29 is 5.11 Å². The Morgan fingerprint density at radius 1 is 1.56 bits per heavy atom. The Morgan fingerprint density at radius 3 is 2.44 bits per heavy atom. The van der Waals surface area contributed by atoms with Crippen LogP contribution in [0.25, 0.3) is 0 Å². The Labute approximate surface area is 56.7 Å². The minimum atomic E-state index is 0.101. The maximum atomic E-state index is 8.52. The largest absolute Gasteiger partial charge is 0.392 e. The van der Waals surface area contributed by atoms with E-state index in [4.69, 9.17) is 5.11 Å². The maximum absolute atomic E-state index is 8.52. The summed E-state index contributed by atoms with van der Waals surface area (Å²) < 4.78 is 0. The molecule has 0 spiro atoms. The molecule has 0 aliphatic carbocycles. The molecule has 0 saturated heterocycles. The van der Waals surface area contributed by atoms with Crippen LogP contribution in [0.3, 0.4) is 0 Å². The van der Waals surface area contributed by atoms with E-state index in [0.29, 0.717) is 0 Å². The average molecular weight is 126 g/mol. The Bertz CT molecular complexity index is 119. The summed E-state index contributed by atoms with van der Waals surface area (Å²) in [6.07, 6.45) is 2.86. The maximum Gasteiger partial charge on any atom is 0.0642 e. The molecule has 0 radical (unpaired) electrons. The summed E-state index contributed by atoms with van der Waals surface area (Å²) >= 11 is 0. The minimum Gasteiger partial charge on any atom is -0.392 e. The monoisotopic (exact) mass is 126 g/mol. The third-order valence-corrected chi connectivity index (χ3v) is 1.02. The van der Waals surface area contributed by atoms with Gasteiger partial charge < -0.3 is 5.11 Å². The molecule has 0 atom stereocenters. The van der Waals surface area contributed by atoms with Crippen LogP contribution in [0.4, 0.5) is 0 Å². The molecule has 0 bridgehead atoms. The number of aliphatic hydroxyl groups excluding tert-OH is 1. The van der Waals surface area contributed by atoms with Crippen LogP contribution in [0.2, 0.25) is 0 Å². The van der Waals surface area contributed by atoms with E-state index in [9.17, 15) is 0 Å². The predicted octanol–water partition coefficient (Wildman–Crippen LogP) is 1.89. The standard InChI is InChI=1S/C8H14O/c1-7(2)4-5-8(3)6-9/h4,9H,3,5-6H2,1-2H3. The lowest BCUT2D eigenvalue weighted by molar-refractivity contribution is 0.329. The van der Waals surface area contributed by atoms with E-state index >= 15 is 0 Å². The summed E-state index contributed by atoms with van der Waals surface area (Å²) in [6.45, 7) is 7.82. The molecular weight excluding hydrogens is 112 g/mol. The number of rotatable bonds is 3. The van der Waals surface area contributed by atoms with E-state index in [-0.39, 0.29) is 6.61 Å². The van der Waals surface area contributed by atoms with Crippen molar-refractivity contribution in [1.82, 2.24) is 0 Å². The van der Waals surface area contributed by atoms with Crippen molar-refractivity contribution in [3.05, 3.63) is 23.8 Å². The van der Waals surface area contributed by atoms with Crippen LogP contribution in [0, 0.1) is 0 Å². The second-order valence-electron chi connectivity index (χ2n) is 2.39. The van der Waals surface area contributed by atoms with Gasteiger partial charge in [0.25, 0.3) is 0 Å². The lowest BCUT2D eigenvalue weighted by Gasteiger charge is -1.94. The molecule has 0 rings (SSSR count). The molecular formula is C8H14O. The Morgan fingerprint density at radius 2 is 2.11 bits per heavy atom. The Kier molecular flexibility index (Phi) is 4.06. The van der Waals surface area contributed by atoms with Gasteiger partial charge in [-0.2, -0.15) is 0 Å². The zero-order valence-corrected chi connectivity index (χ0v) is 6.15. The highest BCUT2D eigenvalue weighted by atomic mass is 16.3. The normalized spacial score (nSPS) is 8.78. The van der Waals surface area contributed by atoms with Crippen LogP contribution in [0.15, 0.2) is 23.8 Å². The van der Waals surface area contributed by atoms with E-state index in [1.165, 1.54) is 5.57 Å². The van der Waals surface area contributed by atoms with Crippen molar-refractivity contribution in [2.45, 2.75) is 20.3 Å². The van der Waals surface area contributed by atoms with Crippen LogP contribution in [-0.2, 0) is 0 Å². The molecule has 0 aromatic rings. The molecule has 9 heavy (non-hydrogen) atoms. The van der Waals surface area contributed by atoms with E-state index in [0.717, 1.165) is 12.0 Å². The summed E-state index contributed by atoms with van der Waals surface area (Å²) in [5.41, 5.74) is 2.14. The van der Waals surface area contributed by atoms with Gasteiger partial charge in [0, 0.05) is 0 Å². The van der Waals surface area contributed by atoms with Crippen LogP contribution in [-0.4, -0.2) is 11.7 Å². The lowest BCUT2D eigenvalue weighted by Crippen LogP contribution is -1.85. The zero-order chi connectivity index (χ0) is 7.28. The van der Waals surface area contributed by atoms with Crippen molar-refractivity contribution in [3.63, 3.8) is 0 Å². The fourth-order valence-corrected chi connectivity index (χ4v) is 0.413. The van der Waals surface area contributed by atoms with Gasteiger partial charge in [-0.1, -0.05) is 18.2 Å². The van der Waals surface area contributed by atoms with Crippen LogP contribution >= 0.6 is 0 Å². The number of aliphatic hydroxyl groups is 1. The molecule has 52 valence electrons. The smallest absolute Gasteiger partial charge is 0.0642 e. The van der Waals surface area contributed by atoms with Gasteiger partial charge in [0.15, 0.2) is 0 Å². The van der Waals surface area contributed by atoms with Gasteiger partial charge in [0.2, 0.25) is 0 Å². The molecule has 0 heterocycles. The first-order valence-corrected chi connectivity index (χ1v) is 3.07. The lowest BCUT2D eigenvalue weighted by atomic mass is 10.2. The minimum absolute atomic E-state index is 0.101. The van der Waals surface area contributed by atoms with Crippen molar-refractivity contribution in [1.29, 1.82) is 0 Å². The van der Waals surface area contributed by atoms with Crippen molar-refractivity contribution >= 4 is 0 Å². The second-order valence-corrected chi connectivity index (χ2v) is 2.39. The third-order valence-electron chi connectivity index (χ3n) is 1.02. The molecule has 0 saturated carbocycles. The van der Waals surface area contributed by atoms with Gasteiger partial charge in [-0.25, -0.2) is 0 Å². The molecule has 1 heteroatoms. The average Bonchev–Trinajstić information content (AvgIpc) is 1.83. The van der Waals surface area contributed by atoms with E-state index < -0.39 is 0 Å². The number of hydrogen-bond acceptors (Lipinski definition) is 1. The molecule has 0 aromatic heterocycles. The third kappa shape index (κ3) is 5.31. The summed E-state index contributed by atoms with van der Waals surface area (Å²) in [4.78, 5) is 0. The van der Waals surface area contributed by atoms with E-state index in [2.05, 4.69) is 12.7 Å². The van der Waals surface area contributed by atoms with E-state index in [1.54, 1.807) is 0 Å². The van der Waals surface area contributed by atoms with Crippen molar-refractivity contribution in [2.75, 3.05) is 6.61 Å². The molecule has 0 amide bonds. The quantitative estimate of drug-likeness (QED) is 0.572. The molecule has 0 aliphatic rings. The molecule has 1 nitrogen and oxygen atoms in total. The topological polar surface area (TPSA) is 20.2 Å². The summed E-state index contributed by atoms with van der Waals surface area (Å²) in [5, 5.41) is 8.52. The van der Waals surface area contributed by atoms with Gasteiger partial charge in [-0.05, 0) is 25.8 Å². The number of allylic oxidation sites excluding steroid dienone is 2. The Hall–Kier alpha value is -0.560. The van der Waals surface area contributed by atoms with E-state index in [1.807, 2.05) is 13.8 Å². The van der Waals surface area contributed by atoms with Crippen LogP contribution in [0.1, 0.15) is 20.3 Å². The summed E-state index contributed by atoms with van der Waals surface area (Å²) in [5.74, 6) is 0. The summed E-state index contributed by atoms with van der Waals surface area (Å²) in [7, 11) is 0. The first kappa shape index (κ1) is 8.44. The molecule has 1 N–H and O–H groups in total. The SMILES string of the molecule is C=C(CO)CC=C(C)C. The highest BCUT2D eigenvalue weighted by Gasteiger charge is 1.85. The Balaban J connectivity index is 3.50. The fourth-order valence-electron chi connectivity index (χ4n) is 0.413. The van der Waals surface area contributed by atoms with Crippen molar-refractivity contribution in [2.24, 2.45) is 0 Å². The molecule has 0 unspecified atom stereocenters. The predicted molar refractivity (Wildman–Crippen MR) is 40.3 cm³/mol. The molecule has 0 aliphatic heterocycles. The van der Waals surface area contributed by atoms with Crippen LogP contribution < -0.4 is 0 Å². The van der Waals surface area contributed by atoms with Gasteiger partial charge in [0.05, 0.1) is 6.61 Å². The highest BCUT2D eigenvalue weighted by molar-refractivity contribution is 5.05. The fraction of sp³-hybridized carbons (Fsp3) is 0.500. The first-order valence-electron chi connectivity index (χ1n) is 3.07. The first-order chi connectivity index (χ1) is 4.16. The molecule has 0 aromatic carbocycles. The van der Waals surface area contributed by atoms with Gasteiger partial charge >= 0.3 is 0 Å². The van der Waals surface area contributed by atoms with Crippen LogP contribution in [0.5, 0.6) is 0 Å². The highest BCUT2D eigenvalue weighted by Crippen LogP contribution is 2.00.